The summed E-state index contributed by atoms with van der Waals surface area (Å²) in [5.74, 6) is -0.256. The maximum absolute atomic E-state index is 12.4. The van der Waals surface area contributed by atoms with Crippen LogP contribution in [0.15, 0.2) is 65.7 Å². The number of aliphatic hydroxyl groups is 1. The zero-order valence-corrected chi connectivity index (χ0v) is 11.7. The topological polar surface area (TPSA) is 75.4 Å². The lowest BCUT2D eigenvalue weighted by atomic mass is 10.1. The molecular weight excluding hydrogens is 280 g/mol. The van der Waals surface area contributed by atoms with Crippen LogP contribution in [0.25, 0.3) is 11.1 Å². The normalized spacial score (nSPS) is 10.4. The molecule has 0 bridgehead atoms. The molecule has 0 spiro atoms. The molecule has 5 nitrogen and oxygen atoms in total. The SMILES string of the molecule is O=C(Nc1cnccc1CO)c1cccc(-c2ccoc2)c1. The van der Waals surface area contributed by atoms with E-state index in [9.17, 15) is 9.90 Å². The lowest BCUT2D eigenvalue weighted by Gasteiger charge is -2.09. The van der Waals surface area contributed by atoms with E-state index in [0.29, 0.717) is 16.8 Å². The molecule has 3 rings (SSSR count). The summed E-state index contributed by atoms with van der Waals surface area (Å²) in [4.78, 5) is 16.3. The first-order valence-corrected chi connectivity index (χ1v) is 6.75. The zero-order chi connectivity index (χ0) is 15.4. The number of furan rings is 1. The van der Waals surface area contributed by atoms with Gasteiger partial charge in [-0.25, -0.2) is 0 Å². The predicted molar refractivity (Wildman–Crippen MR) is 82.3 cm³/mol. The van der Waals surface area contributed by atoms with Crippen molar-refractivity contribution in [3.63, 3.8) is 0 Å². The maximum atomic E-state index is 12.4. The molecule has 110 valence electrons. The minimum atomic E-state index is -0.256. The zero-order valence-electron chi connectivity index (χ0n) is 11.7. The van der Waals surface area contributed by atoms with Crippen LogP contribution in [0.1, 0.15) is 15.9 Å². The predicted octanol–water partition coefficient (Wildman–Crippen LogP) is 3.09. The van der Waals surface area contributed by atoms with Gasteiger partial charge < -0.3 is 14.8 Å². The van der Waals surface area contributed by atoms with Gasteiger partial charge in [-0.1, -0.05) is 12.1 Å². The lowest BCUT2D eigenvalue weighted by Crippen LogP contribution is -2.13. The highest BCUT2D eigenvalue weighted by Crippen LogP contribution is 2.21. The van der Waals surface area contributed by atoms with E-state index < -0.39 is 0 Å². The van der Waals surface area contributed by atoms with E-state index in [1.165, 1.54) is 6.20 Å². The average Bonchev–Trinajstić information content (AvgIpc) is 3.10. The van der Waals surface area contributed by atoms with Gasteiger partial charge in [0.1, 0.15) is 0 Å². The van der Waals surface area contributed by atoms with Crippen LogP contribution in [0.2, 0.25) is 0 Å². The maximum Gasteiger partial charge on any atom is 0.255 e. The van der Waals surface area contributed by atoms with Crippen molar-refractivity contribution in [2.24, 2.45) is 0 Å². The fourth-order valence-electron chi connectivity index (χ4n) is 2.14. The van der Waals surface area contributed by atoms with Gasteiger partial charge in [0, 0.05) is 22.9 Å². The van der Waals surface area contributed by atoms with Crippen molar-refractivity contribution < 1.29 is 14.3 Å². The molecule has 0 unspecified atom stereocenters. The molecule has 0 saturated carbocycles. The van der Waals surface area contributed by atoms with Crippen LogP contribution in [0.4, 0.5) is 5.69 Å². The monoisotopic (exact) mass is 294 g/mol. The van der Waals surface area contributed by atoms with Crippen molar-refractivity contribution in [3.05, 3.63) is 72.4 Å². The Bertz CT molecular complexity index is 782. The summed E-state index contributed by atoms with van der Waals surface area (Å²) in [6.07, 6.45) is 6.30. The smallest absolute Gasteiger partial charge is 0.255 e. The molecule has 1 aromatic carbocycles. The van der Waals surface area contributed by atoms with E-state index in [4.69, 9.17) is 4.42 Å². The minimum absolute atomic E-state index is 0.160. The highest BCUT2D eigenvalue weighted by Gasteiger charge is 2.10. The Morgan fingerprint density at radius 3 is 2.91 bits per heavy atom. The van der Waals surface area contributed by atoms with Crippen LogP contribution in [-0.2, 0) is 6.61 Å². The number of nitrogens with one attached hydrogen (secondary N) is 1. The average molecular weight is 294 g/mol. The first kappa shape index (κ1) is 14.0. The van der Waals surface area contributed by atoms with Crippen LogP contribution in [-0.4, -0.2) is 16.0 Å². The molecule has 5 heteroatoms. The van der Waals surface area contributed by atoms with Gasteiger partial charge in [0.25, 0.3) is 5.91 Å². The fraction of sp³-hybridized carbons (Fsp3) is 0.0588. The molecule has 2 N–H and O–H groups in total. The van der Waals surface area contributed by atoms with Gasteiger partial charge in [0.05, 0.1) is 31.0 Å². The Labute approximate surface area is 127 Å². The molecule has 3 aromatic rings. The summed E-state index contributed by atoms with van der Waals surface area (Å²) in [5.41, 5.74) is 3.45. The first-order valence-electron chi connectivity index (χ1n) is 6.75. The fourth-order valence-corrected chi connectivity index (χ4v) is 2.14. The summed E-state index contributed by atoms with van der Waals surface area (Å²) in [7, 11) is 0. The van der Waals surface area contributed by atoms with Gasteiger partial charge in [-0.15, -0.1) is 0 Å². The number of amides is 1. The molecule has 0 radical (unpaired) electrons. The Kier molecular flexibility index (Phi) is 3.98. The van der Waals surface area contributed by atoms with Gasteiger partial charge in [-0.05, 0) is 29.8 Å². The molecule has 0 saturated heterocycles. The number of hydrogen-bond acceptors (Lipinski definition) is 4. The Balaban J connectivity index is 1.85. The highest BCUT2D eigenvalue weighted by atomic mass is 16.3. The van der Waals surface area contributed by atoms with Crippen LogP contribution < -0.4 is 5.32 Å². The van der Waals surface area contributed by atoms with Crippen molar-refractivity contribution in [1.82, 2.24) is 4.98 Å². The third-order valence-electron chi connectivity index (χ3n) is 3.31. The summed E-state index contributed by atoms with van der Waals surface area (Å²) >= 11 is 0. The number of carbonyl (C=O) groups is 1. The summed E-state index contributed by atoms with van der Waals surface area (Å²) < 4.78 is 5.06. The number of carbonyl (C=O) groups excluding carboxylic acids is 1. The van der Waals surface area contributed by atoms with Crippen molar-refractivity contribution in [2.75, 3.05) is 5.32 Å². The van der Waals surface area contributed by atoms with E-state index >= 15 is 0 Å². The van der Waals surface area contributed by atoms with Gasteiger partial charge in [0.15, 0.2) is 0 Å². The number of benzene rings is 1. The molecule has 2 aromatic heterocycles. The van der Waals surface area contributed by atoms with Gasteiger partial charge in [0.2, 0.25) is 0 Å². The largest absolute Gasteiger partial charge is 0.472 e. The van der Waals surface area contributed by atoms with Crippen LogP contribution in [0.5, 0.6) is 0 Å². The Hall–Kier alpha value is -2.92. The molecular formula is C17H14N2O3. The first-order chi connectivity index (χ1) is 10.8. The molecule has 0 aliphatic heterocycles. The van der Waals surface area contributed by atoms with Crippen LogP contribution >= 0.6 is 0 Å². The van der Waals surface area contributed by atoms with E-state index in [0.717, 1.165) is 11.1 Å². The molecule has 0 aliphatic carbocycles. The third-order valence-corrected chi connectivity index (χ3v) is 3.31. The molecule has 0 aliphatic rings. The molecule has 1 amide bonds. The molecule has 22 heavy (non-hydrogen) atoms. The van der Waals surface area contributed by atoms with Crippen molar-refractivity contribution in [1.29, 1.82) is 0 Å². The van der Waals surface area contributed by atoms with Gasteiger partial charge in [-0.2, -0.15) is 0 Å². The summed E-state index contributed by atoms with van der Waals surface area (Å²) in [6.45, 7) is -0.160. The van der Waals surface area contributed by atoms with Gasteiger partial charge in [-0.3, -0.25) is 9.78 Å². The molecule has 0 atom stereocenters. The number of pyridine rings is 1. The van der Waals surface area contributed by atoms with Crippen LogP contribution in [0, 0.1) is 0 Å². The van der Waals surface area contributed by atoms with Crippen molar-refractivity contribution >= 4 is 11.6 Å². The van der Waals surface area contributed by atoms with E-state index in [-0.39, 0.29) is 12.5 Å². The second-order valence-electron chi connectivity index (χ2n) is 4.74. The minimum Gasteiger partial charge on any atom is -0.472 e. The van der Waals surface area contributed by atoms with Crippen molar-refractivity contribution in [3.8, 4) is 11.1 Å². The standard InChI is InChI=1S/C17H14N2O3/c20-10-14-4-6-18-9-16(14)19-17(21)13-3-1-2-12(8-13)15-5-7-22-11-15/h1-9,11,20H,10H2,(H,19,21). The van der Waals surface area contributed by atoms with E-state index in [1.807, 2.05) is 18.2 Å². The second-order valence-corrected chi connectivity index (χ2v) is 4.74. The number of rotatable bonds is 4. The number of anilines is 1. The second kappa shape index (κ2) is 6.24. The van der Waals surface area contributed by atoms with Gasteiger partial charge >= 0.3 is 0 Å². The quantitative estimate of drug-likeness (QED) is 0.775. The summed E-state index contributed by atoms with van der Waals surface area (Å²) in [6, 6.07) is 10.7. The van der Waals surface area contributed by atoms with Crippen molar-refractivity contribution in [2.45, 2.75) is 6.61 Å². The molecule has 0 fully saturated rings. The number of hydrogen-bond donors (Lipinski definition) is 2. The van der Waals surface area contributed by atoms with E-state index in [1.54, 1.807) is 36.9 Å². The van der Waals surface area contributed by atoms with Crippen LogP contribution in [0.3, 0.4) is 0 Å². The number of nitrogens with zero attached hydrogens (tertiary/aromatic N) is 1. The number of aromatic nitrogens is 1. The lowest BCUT2D eigenvalue weighted by molar-refractivity contribution is 0.102. The Morgan fingerprint density at radius 1 is 1.23 bits per heavy atom. The third kappa shape index (κ3) is 2.89. The molecule has 2 heterocycles. The highest BCUT2D eigenvalue weighted by molar-refractivity contribution is 6.05. The Morgan fingerprint density at radius 2 is 2.14 bits per heavy atom. The van der Waals surface area contributed by atoms with E-state index in [2.05, 4.69) is 10.3 Å². The summed E-state index contributed by atoms with van der Waals surface area (Å²) in [5, 5.41) is 12.0. The number of aliphatic hydroxyl groups excluding tert-OH is 1.